The smallest absolute Gasteiger partial charge is 0.277 e. The van der Waals surface area contributed by atoms with Crippen molar-refractivity contribution >= 4 is 17.4 Å². The van der Waals surface area contributed by atoms with Crippen LogP contribution in [0, 0.1) is 0 Å². The number of piperidine rings is 1. The second-order valence-electron chi connectivity index (χ2n) is 8.51. The number of hydrogen-bond acceptors (Lipinski definition) is 6. The Balaban J connectivity index is 1.92. The molecule has 3 rings (SSSR count). The minimum atomic E-state index is -0.253. The maximum Gasteiger partial charge on any atom is 0.277 e. The first-order valence-electron chi connectivity index (χ1n) is 11.2. The standard InChI is InChI=1S/C24H35N3O4/c1-6-30-20-9-7-18(8-10-20)21-22(26(5)19-11-13-25(4)14-12-19)24(29)27(23(21)28)15-16-31-17(2)3/h7-10,17,19H,6,11-16H2,1-5H3. The van der Waals surface area contributed by atoms with Gasteiger partial charge >= 0.3 is 0 Å². The lowest BCUT2D eigenvalue weighted by Gasteiger charge is -2.36. The van der Waals surface area contributed by atoms with E-state index in [1.165, 1.54) is 4.90 Å². The molecule has 2 amide bonds. The van der Waals surface area contributed by atoms with Crippen LogP contribution in [0.2, 0.25) is 0 Å². The Bertz CT molecular complexity index is 811. The van der Waals surface area contributed by atoms with Gasteiger partial charge in [-0.2, -0.15) is 0 Å². The van der Waals surface area contributed by atoms with E-state index in [1.807, 2.05) is 57.0 Å². The summed E-state index contributed by atoms with van der Waals surface area (Å²) in [6.45, 7) is 8.93. The molecule has 7 heteroatoms. The van der Waals surface area contributed by atoms with Crippen LogP contribution in [0.25, 0.3) is 5.57 Å². The zero-order valence-electron chi connectivity index (χ0n) is 19.4. The molecule has 0 aliphatic carbocycles. The van der Waals surface area contributed by atoms with Crippen LogP contribution in [0.1, 0.15) is 39.2 Å². The molecular formula is C24H35N3O4. The molecule has 0 radical (unpaired) electrons. The van der Waals surface area contributed by atoms with Gasteiger partial charge in [-0.15, -0.1) is 0 Å². The van der Waals surface area contributed by atoms with Crippen LogP contribution >= 0.6 is 0 Å². The van der Waals surface area contributed by atoms with Crippen molar-refractivity contribution in [2.45, 2.75) is 45.8 Å². The number of amides is 2. The molecule has 2 aliphatic rings. The lowest BCUT2D eigenvalue weighted by atomic mass is 10.00. The highest BCUT2D eigenvalue weighted by Gasteiger charge is 2.42. The first-order chi connectivity index (χ1) is 14.8. The van der Waals surface area contributed by atoms with Crippen LogP contribution in [-0.4, -0.2) is 85.6 Å². The van der Waals surface area contributed by atoms with Gasteiger partial charge < -0.3 is 19.3 Å². The third-order valence-corrected chi connectivity index (χ3v) is 5.95. The largest absolute Gasteiger partial charge is 0.494 e. The summed E-state index contributed by atoms with van der Waals surface area (Å²) in [6, 6.07) is 7.65. The molecule has 7 nitrogen and oxygen atoms in total. The summed E-state index contributed by atoms with van der Waals surface area (Å²) in [5.41, 5.74) is 1.70. The molecular weight excluding hydrogens is 394 g/mol. The van der Waals surface area contributed by atoms with Gasteiger partial charge in [0, 0.05) is 13.1 Å². The molecule has 31 heavy (non-hydrogen) atoms. The van der Waals surface area contributed by atoms with E-state index in [1.54, 1.807) is 0 Å². The highest BCUT2D eigenvalue weighted by atomic mass is 16.5. The molecule has 0 aromatic heterocycles. The van der Waals surface area contributed by atoms with Gasteiger partial charge in [-0.3, -0.25) is 14.5 Å². The number of hydrogen-bond donors (Lipinski definition) is 0. The molecule has 0 spiro atoms. The quantitative estimate of drug-likeness (QED) is 0.563. The summed E-state index contributed by atoms with van der Waals surface area (Å²) >= 11 is 0. The van der Waals surface area contributed by atoms with Crippen LogP contribution in [-0.2, 0) is 14.3 Å². The van der Waals surface area contributed by atoms with Crippen LogP contribution in [0.15, 0.2) is 30.0 Å². The maximum atomic E-state index is 13.4. The molecule has 0 saturated carbocycles. The number of benzene rings is 1. The number of likely N-dealkylation sites (N-methyl/N-ethyl adjacent to an activating group) is 1. The number of likely N-dealkylation sites (tertiary alicyclic amines) is 1. The van der Waals surface area contributed by atoms with Crippen LogP contribution in [0.5, 0.6) is 5.75 Å². The molecule has 1 saturated heterocycles. The van der Waals surface area contributed by atoms with Crippen molar-refractivity contribution in [1.29, 1.82) is 0 Å². The highest BCUT2D eigenvalue weighted by Crippen LogP contribution is 2.34. The minimum Gasteiger partial charge on any atom is -0.494 e. The van der Waals surface area contributed by atoms with E-state index in [0.29, 0.717) is 24.5 Å². The number of nitrogens with zero attached hydrogens (tertiary/aromatic N) is 3. The first kappa shape index (κ1) is 23.3. The third kappa shape index (κ3) is 5.28. The predicted octanol–water partition coefficient (Wildman–Crippen LogP) is 2.62. The molecule has 2 heterocycles. The average molecular weight is 430 g/mol. The topological polar surface area (TPSA) is 62.3 Å². The molecule has 0 unspecified atom stereocenters. The minimum absolute atomic E-state index is 0.0488. The molecule has 0 N–H and O–H groups in total. The number of imide groups is 1. The second-order valence-corrected chi connectivity index (χ2v) is 8.51. The summed E-state index contributed by atoms with van der Waals surface area (Å²) < 4.78 is 11.1. The number of carbonyl (C=O) groups excluding carboxylic acids is 2. The van der Waals surface area contributed by atoms with E-state index < -0.39 is 0 Å². The van der Waals surface area contributed by atoms with E-state index in [4.69, 9.17) is 9.47 Å². The van der Waals surface area contributed by atoms with Crippen LogP contribution in [0.3, 0.4) is 0 Å². The third-order valence-electron chi connectivity index (χ3n) is 5.95. The number of carbonyl (C=O) groups is 2. The Morgan fingerprint density at radius 3 is 2.32 bits per heavy atom. The summed E-state index contributed by atoms with van der Waals surface area (Å²) in [7, 11) is 4.06. The van der Waals surface area contributed by atoms with Gasteiger partial charge in [-0.1, -0.05) is 12.1 Å². The van der Waals surface area contributed by atoms with Gasteiger partial charge in [0.2, 0.25) is 0 Å². The fraction of sp³-hybridized carbons (Fsp3) is 0.583. The zero-order valence-corrected chi connectivity index (χ0v) is 19.4. The van der Waals surface area contributed by atoms with Gasteiger partial charge in [-0.25, -0.2) is 0 Å². The van der Waals surface area contributed by atoms with E-state index in [-0.39, 0.29) is 30.5 Å². The summed E-state index contributed by atoms with van der Waals surface area (Å²) in [6.07, 6.45) is 1.98. The molecule has 0 bridgehead atoms. The average Bonchev–Trinajstić information content (AvgIpc) is 2.99. The molecule has 170 valence electrons. The normalized spacial score (nSPS) is 18.5. The Hall–Kier alpha value is -2.38. The number of rotatable bonds is 9. The van der Waals surface area contributed by atoms with Gasteiger partial charge in [0.1, 0.15) is 11.4 Å². The predicted molar refractivity (Wildman–Crippen MR) is 121 cm³/mol. The fourth-order valence-electron chi connectivity index (χ4n) is 4.18. The van der Waals surface area contributed by atoms with Gasteiger partial charge in [0.25, 0.3) is 11.8 Å². The van der Waals surface area contributed by atoms with E-state index >= 15 is 0 Å². The van der Waals surface area contributed by atoms with Crippen molar-refractivity contribution in [3.8, 4) is 5.75 Å². The monoisotopic (exact) mass is 429 g/mol. The van der Waals surface area contributed by atoms with Crippen molar-refractivity contribution < 1.29 is 19.1 Å². The van der Waals surface area contributed by atoms with Crippen LogP contribution in [0.4, 0.5) is 0 Å². The number of ether oxygens (including phenoxy) is 2. The van der Waals surface area contributed by atoms with Crippen molar-refractivity contribution in [2.75, 3.05) is 46.9 Å². The molecule has 1 aromatic rings. The Labute approximate surface area is 185 Å². The van der Waals surface area contributed by atoms with Crippen molar-refractivity contribution in [3.63, 3.8) is 0 Å². The molecule has 1 fully saturated rings. The maximum absolute atomic E-state index is 13.4. The zero-order chi connectivity index (χ0) is 22.5. The Morgan fingerprint density at radius 1 is 1.10 bits per heavy atom. The van der Waals surface area contributed by atoms with Gasteiger partial charge in [0.05, 0.1) is 31.4 Å². The summed E-state index contributed by atoms with van der Waals surface area (Å²) in [5.74, 6) is 0.259. The molecule has 1 aromatic carbocycles. The second kappa shape index (κ2) is 10.3. The fourth-order valence-corrected chi connectivity index (χ4v) is 4.18. The lowest BCUT2D eigenvalue weighted by molar-refractivity contribution is -0.138. The summed E-state index contributed by atoms with van der Waals surface area (Å²) in [4.78, 5) is 32.4. The van der Waals surface area contributed by atoms with Gasteiger partial charge in [0.15, 0.2) is 0 Å². The highest BCUT2D eigenvalue weighted by molar-refractivity contribution is 6.35. The lowest BCUT2D eigenvalue weighted by Crippen LogP contribution is -2.44. The van der Waals surface area contributed by atoms with Crippen molar-refractivity contribution in [2.24, 2.45) is 0 Å². The Kier molecular flexibility index (Phi) is 7.73. The van der Waals surface area contributed by atoms with Crippen molar-refractivity contribution in [3.05, 3.63) is 35.5 Å². The first-order valence-corrected chi connectivity index (χ1v) is 11.2. The van der Waals surface area contributed by atoms with Crippen LogP contribution < -0.4 is 4.74 Å². The van der Waals surface area contributed by atoms with E-state index in [9.17, 15) is 9.59 Å². The van der Waals surface area contributed by atoms with E-state index in [0.717, 1.165) is 37.2 Å². The molecule has 0 atom stereocenters. The molecule has 2 aliphatic heterocycles. The summed E-state index contributed by atoms with van der Waals surface area (Å²) in [5, 5.41) is 0. The van der Waals surface area contributed by atoms with E-state index in [2.05, 4.69) is 11.9 Å². The van der Waals surface area contributed by atoms with Gasteiger partial charge in [-0.05, 0) is 71.4 Å². The van der Waals surface area contributed by atoms with Crippen molar-refractivity contribution in [1.82, 2.24) is 14.7 Å². The SMILES string of the molecule is CCOc1ccc(C2=C(N(C)C3CCN(C)CC3)C(=O)N(CCOC(C)C)C2=O)cc1. The Morgan fingerprint density at radius 2 is 1.74 bits per heavy atom.